The minimum Gasteiger partial charge on any atom is -0.438 e. The maximum absolute atomic E-state index is 6.39. The van der Waals surface area contributed by atoms with Crippen molar-refractivity contribution in [3.8, 4) is 56.5 Å². The van der Waals surface area contributed by atoms with E-state index in [0.717, 1.165) is 60.8 Å². The standard InChI is InChI=1S/C46H28N4O/c1-2-12-32(13-3-1)43-48-44(33-22-18-31(19-23-33)36-24-20-29-10-4-6-14-34(29)26-36)50-45(49-43)39-28-40(37-25-21-30-11-5-7-15-35(30)27-37)47-46-42(39)38-16-8-9-17-41(38)51-46/h1-28H. The SMILES string of the molecule is c1ccc(-c2nc(-c3ccc(-c4ccc5ccccc5c4)cc3)nc(-c3cc(-c4ccc5ccccc5c4)nc4oc5ccccc5c34)n2)cc1. The Labute approximate surface area is 293 Å². The van der Waals surface area contributed by atoms with E-state index < -0.39 is 0 Å². The molecule has 0 atom stereocenters. The summed E-state index contributed by atoms with van der Waals surface area (Å²) in [5, 5.41) is 6.59. The van der Waals surface area contributed by atoms with Gasteiger partial charge in [0, 0.05) is 27.6 Å². The number of para-hydroxylation sites is 1. The fourth-order valence-corrected chi connectivity index (χ4v) is 6.92. The summed E-state index contributed by atoms with van der Waals surface area (Å²) in [6, 6.07) is 58.4. The summed E-state index contributed by atoms with van der Waals surface area (Å²) in [6.07, 6.45) is 0. The number of benzene rings is 7. The van der Waals surface area contributed by atoms with Crippen molar-refractivity contribution in [3.63, 3.8) is 0 Å². The molecule has 5 nitrogen and oxygen atoms in total. The zero-order valence-electron chi connectivity index (χ0n) is 27.4. The van der Waals surface area contributed by atoms with E-state index in [-0.39, 0.29) is 0 Å². The van der Waals surface area contributed by atoms with Crippen LogP contribution in [0.15, 0.2) is 174 Å². The molecule has 3 aromatic heterocycles. The highest BCUT2D eigenvalue weighted by atomic mass is 16.3. The molecule has 0 fully saturated rings. The Morgan fingerprint density at radius 2 is 0.882 bits per heavy atom. The summed E-state index contributed by atoms with van der Waals surface area (Å²) in [5.41, 5.74) is 8.01. The van der Waals surface area contributed by atoms with E-state index >= 15 is 0 Å². The molecule has 5 heteroatoms. The van der Waals surface area contributed by atoms with E-state index in [4.69, 9.17) is 24.4 Å². The normalized spacial score (nSPS) is 11.5. The molecule has 0 aliphatic carbocycles. The van der Waals surface area contributed by atoms with Crippen LogP contribution in [-0.4, -0.2) is 19.9 Å². The molecule has 0 spiro atoms. The van der Waals surface area contributed by atoms with Crippen LogP contribution in [0.1, 0.15) is 0 Å². The molecule has 0 unspecified atom stereocenters. The van der Waals surface area contributed by atoms with Crippen molar-refractivity contribution < 1.29 is 4.42 Å². The van der Waals surface area contributed by atoms with Crippen molar-refractivity contribution >= 4 is 43.6 Å². The Kier molecular flexibility index (Phi) is 6.74. The van der Waals surface area contributed by atoms with Crippen LogP contribution in [0.4, 0.5) is 0 Å². The highest BCUT2D eigenvalue weighted by molar-refractivity contribution is 6.11. The second-order valence-electron chi connectivity index (χ2n) is 12.7. The smallest absolute Gasteiger partial charge is 0.228 e. The third-order valence-corrected chi connectivity index (χ3v) is 9.53. The summed E-state index contributed by atoms with van der Waals surface area (Å²) in [6.45, 7) is 0. The van der Waals surface area contributed by atoms with E-state index in [1.54, 1.807) is 0 Å². The lowest BCUT2D eigenvalue weighted by molar-refractivity contribution is 0.654. The molecule has 0 saturated carbocycles. The average molecular weight is 653 g/mol. The molecule has 0 bridgehead atoms. The van der Waals surface area contributed by atoms with Gasteiger partial charge in [-0.05, 0) is 56.9 Å². The van der Waals surface area contributed by atoms with Crippen molar-refractivity contribution in [3.05, 3.63) is 170 Å². The predicted octanol–water partition coefficient (Wildman–Crippen LogP) is 11.8. The molecular weight excluding hydrogens is 625 g/mol. The first kappa shape index (κ1) is 29.0. The lowest BCUT2D eigenvalue weighted by Gasteiger charge is -2.11. The first-order valence-electron chi connectivity index (χ1n) is 17.0. The van der Waals surface area contributed by atoms with Gasteiger partial charge in [0.2, 0.25) is 5.71 Å². The Morgan fingerprint density at radius 3 is 1.61 bits per heavy atom. The summed E-state index contributed by atoms with van der Waals surface area (Å²) in [5.74, 6) is 1.74. The second-order valence-corrected chi connectivity index (χ2v) is 12.7. The van der Waals surface area contributed by atoms with Gasteiger partial charge < -0.3 is 4.42 Å². The summed E-state index contributed by atoms with van der Waals surface area (Å²) in [7, 11) is 0. The molecule has 0 saturated heterocycles. The Bertz CT molecular complexity index is 2910. The third kappa shape index (κ3) is 5.20. The van der Waals surface area contributed by atoms with E-state index in [0.29, 0.717) is 23.2 Å². The summed E-state index contributed by atoms with van der Waals surface area (Å²) < 4.78 is 6.39. The Morgan fingerprint density at radius 1 is 0.353 bits per heavy atom. The molecule has 7 aromatic carbocycles. The fraction of sp³-hybridized carbons (Fsp3) is 0. The van der Waals surface area contributed by atoms with Gasteiger partial charge >= 0.3 is 0 Å². The number of nitrogens with zero attached hydrogens (tertiary/aromatic N) is 4. The number of furan rings is 1. The van der Waals surface area contributed by atoms with Crippen LogP contribution in [0.3, 0.4) is 0 Å². The average Bonchev–Trinajstić information content (AvgIpc) is 3.59. The minimum absolute atomic E-state index is 0.541. The number of fused-ring (bicyclic) bond motifs is 5. The van der Waals surface area contributed by atoms with Crippen LogP contribution in [0.5, 0.6) is 0 Å². The van der Waals surface area contributed by atoms with Crippen LogP contribution in [0, 0.1) is 0 Å². The molecule has 0 radical (unpaired) electrons. The van der Waals surface area contributed by atoms with E-state index in [9.17, 15) is 0 Å². The Balaban J connectivity index is 1.17. The third-order valence-electron chi connectivity index (χ3n) is 9.53. The minimum atomic E-state index is 0.541. The van der Waals surface area contributed by atoms with Crippen molar-refractivity contribution in [2.75, 3.05) is 0 Å². The van der Waals surface area contributed by atoms with Gasteiger partial charge in [-0.25, -0.2) is 19.9 Å². The van der Waals surface area contributed by atoms with Crippen LogP contribution in [0.25, 0.3) is 100 Å². The van der Waals surface area contributed by atoms with Gasteiger partial charge in [-0.15, -0.1) is 0 Å². The van der Waals surface area contributed by atoms with Crippen LogP contribution >= 0.6 is 0 Å². The zero-order valence-corrected chi connectivity index (χ0v) is 27.4. The topological polar surface area (TPSA) is 64.7 Å². The van der Waals surface area contributed by atoms with Crippen molar-refractivity contribution in [1.29, 1.82) is 0 Å². The van der Waals surface area contributed by atoms with E-state index in [1.807, 2.05) is 48.5 Å². The van der Waals surface area contributed by atoms with E-state index in [2.05, 4.69) is 121 Å². The van der Waals surface area contributed by atoms with Crippen molar-refractivity contribution in [1.82, 2.24) is 19.9 Å². The monoisotopic (exact) mass is 652 g/mol. The van der Waals surface area contributed by atoms with Gasteiger partial charge in [0.25, 0.3) is 0 Å². The Hall–Kier alpha value is -6.98. The second kappa shape index (κ2) is 11.9. The largest absolute Gasteiger partial charge is 0.438 e. The van der Waals surface area contributed by atoms with Gasteiger partial charge in [-0.2, -0.15) is 0 Å². The molecule has 3 heterocycles. The summed E-state index contributed by atoms with van der Waals surface area (Å²) in [4.78, 5) is 20.4. The molecule has 0 aliphatic rings. The van der Waals surface area contributed by atoms with Gasteiger partial charge in [-0.3, -0.25) is 0 Å². The first-order valence-corrected chi connectivity index (χ1v) is 17.0. The molecular formula is C46H28N4O. The fourth-order valence-electron chi connectivity index (χ4n) is 6.92. The molecule has 238 valence electrons. The summed E-state index contributed by atoms with van der Waals surface area (Å²) >= 11 is 0. The van der Waals surface area contributed by atoms with Crippen LogP contribution < -0.4 is 0 Å². The number of pyridine rings is 1. The van der Waals surface area contributed by atoms with Crippen LogP contribution in [-0.2, 0) is 0 Å². The first-order chi connectivity index (χ1) is 25.2. The van der Waals surface area contributed by atoms with Gasteiger partial charge in [0.05, 0.1) is 11.1 Å². The van der Waals surface area contributed by atoms with Gasteiger partial charge in [-0.1, -0.05) is 146 Å². The molecule has 0 N–H and O–H groups in total. The lowest BCUT2D eigenvalue weighted by atomic mass is 10.00. The molecule has 0 aliphatic heterocycles. The number of aromatic nitrogens is 4. The molecule has 10 aromatic rings. The van der Waals surface area contributed by atoms with Crippen LogP contribution in [0.2, 0.25) is 0 Å². The molecule has 0 amide bonds. The van der Waals surface area contributed by atoms with E-state index in [1.165, 1.54) is 16.2 Å². The number of rotatable bonds is 5. The zero-order chi connectivity index (χ0) is 33.7. The predicted molar refractivity (Wildman–Crippen MR) is 207 cm³/mol. The molecule has 51 heavy (non-hydrogen) atoms. The number of hydrogen-bond acceptors (Lipinski definition) is 5. The molecule has 10 rings (SSSR count). The number of hydrogen-bond donors (Lipinski definition) is 0. The quantitative estimate of drug-likeness (QED) is 0.185. The maximum Gasteiger partial charge on any atom is 0.228 e. The van der Waals surface area contributed by atoms with Crippen molar-refractivity contribution in [2.45, 2.75) is 0 Å². The highest BCUT2D eigenvalue weighted by Gasteiger charge is 2.21. The lowest BCUT2D eigenvalue weighted by Crippen LogP contribution is -2.01. The maximum atomic E-state index is 6.39. The van der Waals surface area contributed by atoms with Gasteiger partial charge in [0.15, 0.2) is 17.5 Å². The van der Waals surface area contributed by atoms with Crippen molar-refractivity contribution in [2.24, 2.45) is 0 Å². The highest BCUT2D eigenvalue weighted by Crippen LogP contribution is 2.39. The van der Waals surface area contributed by atoms with Gasteiger partial charge in [0.1, 0.15) is 5.58 Å².